The van der Waals surface area contributed by atoms with E-state index >= 15 is 0 Å². The van der Waals surface area contributed by atoms with Crippen LogP contribution >= 0.6 is 24.0 Å². The zero-order valence-electron chi connectivity index (χ0n) is 17.9. The van der Waals surface area contributed by atoms with Crippen molar-refractivity contribution in [3.63, 3.8) is 0 Å². The molecule has 1 fully saturated rings. The van der Waals surface area contributed by atoms with Crippen LogP contribution in [0.4, 0.5) is 0 Å². The van der Waals surface area contributed by atoms with E-state index in [1.165, 1.54) is 19.4 Å². The van der Waals surface area contributed by atoms with Crippen molar-refractivity contribution in [3.8, 4) is 0 Å². The second-order valence-corrected chi connectivity index (χ2v) is 7.43. The van der Waals surface area contributed by atoms with Crippen LogP contribution in [-0.4, -0.2) is 87.0 Å². The van der Waals surface area contributed by atoms with Crippen LogP contribution in [0, 0.1) is 0 Å². The molecule has 158 valence electrons. The number of likely N-dealkylation sites (N-methyl/N-ethyl adjacent to an activating group) is 2. The number of guanidine groups is 1. The van der Waals surface area contributed by atoms with E-state index < -0.39 is 0 Å². The highest BCUT2D eigenvalue weighted by molar-refractivity contribution is 14.0. The van der Waals surface area contributed by atoms with E-state index in [-0.39, 0.29) is 29.9 Å². The molecule has 1 amide bonds. The molecule has 0 spiro atoms. The first-order chi connectivity index (χ1) is 13.0. The van der Waals surface area contributed by atoms with Gasteiger partial charge in [-0.25, -0.2) is 0 Å². The fraction of sp³-hybridized carbons (Fsp3) is 0.619. The summed E-state index contributed by atoms with van der Waals surface area (Å²) in [5.74, 6) is 0.968. The van der Waals surface area contributed by atoms with Gasteiger partial charge in [0.25, 0.3) is 5.91 Å². The number of carbonyl (C=O) groups excluding carboxylic acids is 1. The summed E-state index contributed by atoms with van der Waals surface area (Å²) >= 11 is 0. The smallest absolute Gasteiger partial charge is 0.253 e. The van der Waals surface area contributed by atoms with E-state index in [0.717, 1.165) is 43.1 Å². The summed E-state index contributed by atoms with van der Waals surface area (Å²) < 4.78 is 0. The minimum atomic E-state index is 0. The van der Waals surface area contributed by atoms with Gasteiger partial charge in [0.05, 0.1) is 0 Å². The van der Waals surface area contributed by atoms with Crippen LogP contribution in [0.15, 0.2) is 29.3 Å². The largest absolute Gasteiger partial charge is 0.356 e. The number of hydrogen-bond donors (Lipinski definition) is 1. The Labute approximate surface area is 187 Å². The molecule has 28 heavy (non-hydrogen) atoms. The first kappa shape index (κ1) is 24.7. The molecule has 1 aliphatic rings. The molecule has 7 heteroatoms. The summed E-state index contributed by atoms with van der Waals surface area (Å²) in [7, 11) is 7.50. The summed E-state index contributed by atoms with van der Waals surface area (Å²) in [4.78, 5) is 22.9. The summed E-state index contributed by atoms with van der Waals surface area (Å²) in [5.41, 5.74) is 1.89. The predicted octanol–water partition coefficient (Wildman–Crippen LogP) is 2.54. The van der Waals surface area contributed by atoms with Crippen LogP contribution in [-0.2, 0) is 6.42 Å². The molecule has 1 heterocycles. The normalized spacial score (nSPS) is 17.2. The molecule has 0 aromatic heterocycles. The Morgan fingerprint density at radius 1 is 1.32 bits per heavy atom. The molecule has 0 saturated carbocycles. The number of nitrogens with one attached hydrogen (secondary N) is 1. The van der Waals surface area contributed by atoms with E-state index in [1.54, 1.807) is 19.0 Å². The lowest BCUT2D eigenvalue weighted by Crippen LogP contribution is -2.46. The maximum absolute atomic E-state index is 12.1. The lowest BCUT2D eigenvalue weighted by atomic mass is 10.1. The SMILES string of the molecule is CCN1CCCC1CN(C)C(=NC)NCCc1cccc(C(=O)N(C)C)c1.I. The van der Waals surface area contributed by atoms with Crippen molar-refractivity contribution < 1.29 is 4.79 Å². The second kappa shape index (κ2) is 12.3. The average molecular weight is 501 g/mol. The monoisotopic (exact) mass is 501 g/mol. The molecule has 2 rings (SSSR count). The van der Waals surface area contributed by atoms with Gasteiger partial charge in [-0.2, -0.15) is 0 Å². The van der Waals surface area contributed by atoms with Crippen molar-refractivity contribution in [1.82, 2.24) is 20.0 Å². The first-order valence-electron chi connectivity index (χ1n) is 9.92. The van der Waals surface area contributed by atoms with Crippen LogP contribution < -0.4 is 5.32 Å². The molecule has 0 aliphatic carbocycles. The number of aliphatic imine (C=N–C) groups is 1. The summed E-state index contributed by atoms with van der Waals surface area (Å²) in [6.45, 7) is 6.36. The molecule has 1 saturated heterocycles. The first-order valence-corrected chi connectivity index (χ1v) is 9.92. The van der Waals surface area contributed by atoms with Gasteiger partial charge in [-0.05, 0) is 50.0 Å². The number of halogens is 1. The van der Waals surface area contributed by atoms with E-state index in [0.29, 0.717) is 6.04 Å². The van der Waals surface area contributed by atoms with E-state index in [9.17, 15) is 4.79 Å². The molecular weight excluding hydrogens is 465 g/mol. The average Bonchev–Trinajstić information content (AvgIpc) is 3.11. The van der Waals surface area contributed by atoms with Gasteiger partial charge in [-0.15, -0.1) is 24.0 Å². The van der Waals surface area contributed by atoms with Crippen LogP contribution in [0.1, 0.15) is 35.7 Å². The standard InChI is InChI=1S/C21H35N5O.HI/c1-6-26-14-8-11-19(26)16-25(5)21(22-2)23-13-12-17-9-7-10-18(15-17)20(27)24(3)4;/h7,9-10,15,19H,6,8,11-14,16H2,1-5H3,(H,22,23);1H. The van der Waals surface area contributed by atoms with E-state index in [1.807, 2.05) is 25.2 Å². The Morgan fingerprint density at radius 2 is 2.07 bits per heavy atom. The van der Waals surface area contributed by atoms with Gasteiger partial charge in [0, 0.05) is 52.9 Å². The van der Waals surface area contributed by atoms with Gasteiger partial charge in [-0.1, -0.05) is 19.1 Å². The van der Waals surface area contributed by atoms with Crippen LogP contribution in [0.3, 0.4) is 0 Å². The van der Waals surface area contributed by atoms with Crippen molar-refractivity contribution in [2.45, 2.75) is 32.2 Å². The number of hydrogen-bond acceptors (Lipinski definition) is 3. The van der Waals surface area contributed by atoms with Gasteiger partial charge in [0.15, 0.2) is 5.96 Å². The molecule has 1 atom stereocenters. The third kappa shape index (κ3) is 6.92. The zero-order chi connectivity index (χ0) is 19.8. The number of likely N-dealkylation sites (tertiary alicyclic amines) is 1. The molecule has 1 aliphatic heterocycles. The highest BCUT2D eigenvalue weighted by Crippen LogP contribution is 2.17. The molecule has 0 bridgehead atoms. The second-order valence-electron chi connectivity index (χ2n) is 7.43. The fourth-order valence-corrected chi connectivity index (χ4v) is 3.74. The molecular formula is C21H36IN5O. The third-order valence-electron chi connectivity index (χ3n) is 5.24. The fourth-order valence-electron chi connectivity index (χ4n) is 3.74. The number of nitrogens with zero attached hydrogens (tertiary/aromatic N) is 4. The molecule has 1 aromatic carbocycles. The quantitative estimate of drug-likeness (QED) is 0.355. The minimum absolute atomic E-state index is 0. The van der Waals surface area contributed by atoms with Crippen molar-refractivity contribution in [2.24, 2.45) is 4.99 Å². The van der Waals surface area contributed by atoms with E-state index in [4.69, 9.17) is 0 Å². The molecule has 1 N–H and O–H groups in total. The number of carbonyl (C=O) groups is 1. The van der Waals surface area contributed by atoms with Crippen molar-refractivity contribution in [1.29, 1.82) is 0 Å². The maximum atomic E-state index is 12.1. The minimum Gasteiger partial charge on any atom is -0.356 e. The van der Waals surface area contributed by atoms with Gasteiger partial charge in [0.1, 0.15) is 0 Å². The highest BCUT2D eigenvalue weighted by Gasteiger charge is 2.24. The maximum Gasteiger partial charge on any atom is 0.253 e. The Bertz CT molecular complexity index is 649. The Balaban J connectivity index is 0.00000392. The molecule has 1 unspecified atom stereocenters. The Kier molecular flexibility index (Phi) is 10.8. The van der Waals surface area contributed by atoms with Gasteiger partial charge in [-0.3, -0.25) is 14.7 Å². The van der Waals surface area contributed by atoms with E-state index in [2.05, 4.69) is 40.1 Å². The molecule has 6 nitrogen and oxygen atoms in total. The lowest BCUT2D eigenvalue weighted by Gasteiger charge is -2.29. The number of benzene rings is 1. The van der Waals surface area contributed by atoms with Crippen molar-refractivity contribution in [3.05, 3.63) is 35.4 Å². The van der Waals surface area contributed by atoms with Crippen LogP contribution in [0.2, 0.25) is 0 Å². The van der Waals surface area contributed by atoms with Crippen LogP contribution in [0.25, 0.3) is 0 Å². The summed E-state index contributed by atoms with van der Waals surface area (Å²) in [6, 6.07) is 8.48. The zero-order valence-corrected chi connectivity index (χ0v) is 20.3. The Morgan fingerprint density at radius 3 is 2.71 bits per heavy atom. The summed E-state index contributed by atoms with van der Waals surface area (Å²) in [5, 5.41) is 3.46. The molecule has 0 radical (unpaired) electrons. The third-order valence-corrected chi connectivity index (χ3v) is 5.24. The van der Waals surface area contributed by atoms with Crippen LogP contribution in [0.5, 0.6) is 0 Å². The highest BCUT2D eigenvalue weighted by atomic mass is 127. The predicted molar refractivity (Wildman–Crippen MR) is 128 cm³/mol. The van der Waals surface area contributed by atoms with Crippen molar-refractivity contribution >= 4 is 35.8 Å². The van der Waals surface area contributed by atoms with Gasteiger partial charge in [0.2, 0.25) is 0 Å². The van der Waals surface area contributed by atoms with Gasteiger partial charge < -0.3 is 15.1 Å². The lowest BCUT2D eigenvalue weighted by molar-refractivity contribution is 0.0827. The number of amides is 1. The molecule has 1 aromatic rings. The van der Waals surface area contributed by atoms with Gasteiger partial charge >= 0.3 is 0 Å². The topological polar surface area (TPSA) is 51.2 Å². The van der Waals surface area contributed by atoms with Crippen molar-refractivity contribution in [2.75, 3.05) is 54.4 Å². The summed E-state index contributed by atoms with van der Waals surface area (Å²) in [6.07, 6.45) is 3.41. The number of rotatable bonds is 7. The Hall–Kier alpha value is -1.35.